The minimum absolute atomic E-state index is 0.0831. The maximum absolute atomic E-state index is 4.79. The molecule has 356 valence electrons. The van der Waals surface area contributed by atoms with Gasteiger partial charge in [-0.15, -0.1) is 0 Å². The molecule has 4 aliphatic carbocycles. The highest BCUT2D eigenvalue weighted by Gasteiger charge is 2.47. The van der Waals surface area contributed by atoms with E-state index in [1.54, 1.807) is 0 Å². The number of fused-ring (bicyclic) bond motifs is 19. The van der Waals surface area contributed by atoms with Gasteiger partial charge in [0.25, 0.3) is 0 Å². The molecular weight excluding hydrogens is 903 g/mol. The Morgan fingerprint density at radius 2 is 0.853 bits per heavy atom. The molecule has 0 radical (unpaired) electrons. The van der Waals surface area contributed by atoms with Gasteiger partial charge in [0, 0.05) is 22.2 Å². The van der Waals surface area contributed by atoms with Gasteiger partial charge in [0.05, 0.1) is 11.1 Å². The van der Waals surface area contributed by atoms with Crippen LogP contribution in [0.2, 0.25) is 0 Å². The highest BCUT2D eigenvalue weighted by molar-refractivity contribution is 6.26. The summed E-state index contributed by atoms with van der Waals surface area (Å²) in [6.45, 7) is 14.3. The van der Waals surface area contributed by atoms with Gasteiger partial charge in [0.15, 0.2) is 0 Å². The van der Waals surface area contributed by atoms with Gasteiger partial charge in [0.1, 0.15) is 0 Å². The number of benzene rings is 11. The van der Waals surface area contributed by atoms with Crippen LogP contribution >= 0.6 is 0 Å². The van der Waals surface area contributed by atoms with Crippen molar-refractivity contribution in [2.24, 2.45) is 0 Å². The Bertz CT molecular complexity index is 4300. The summed E-state index contributed by atoms with van der Waals surface area (Å²) in [6.07, 6.45) is 9.71. The third kappa shape index (κ3) is 6.07. The molecule has 0 bridgehead atoms. The van der Waals surface area contributed by atoms with Gasteiger partial charge in [-0.3, -0.25) is 0 Å². The van der Waals surface area contributed by atoms with Gasteiger partial charge in [0.2, 0.25) is 0 Å². The number of hydrogen-bond donors (Lipinski definition) is 0. The third-order valence-electron chi connectivity index (χ3n) is 17.9. The fraction of sp³-hybridized carbons (Fsp3) is 0.108. The topological polar surface area (TPSA) is 3.24 Å². The molecule has 0 amide bonds. The summed E-state index contributed by atoms with van der Waals surface area (Å²) in [5.41, 5.74) is 24.5. The molecule has 0 atom stereocenters. The molecule has 15 rings (SSSR count). The van der Waals surface area contributed by atoms with Gasteiger partial charge in [-0.25, -0.2) is 0 Å². The lowest BCUT2D eigenvalue weighted by atomic mass is 9.67. The Morgan fingerprint density at radius 3 is 1.52 bits per heavy atom. The standard InChI is InChI=1S/C74H55N/c1-46-20-7-6-18-41-74(66-30-16-12-24-56(66)57-25-13-17-31-67(57)74)71-51(46)27-19-32-70(71)75(50-38-40-59-55-23-10-14-28-64(55)72(2,3)68(59)43-50)49-36-33-47(34-37-49)48-35-39-54-60(42-48)52-21-8-9-22-53(52)61-44-63-58-26-11-15-29-65(58)73(4,5)69(63)45-62(54)61/h6-40,42-45H,1,41H2,2-5H3/b18-6-,20-7-. The zero-order valence-electron chi connectivity index (χ0n) is 42.9. The SMILES string of the molecule is C=C1/C=C\C=C/CC2(c3ccccc3-c3ccccc32)c2c1cccc2N(c1ccc(-c2ccc3c(c2)c2ccccc2c2cc4c(cc32)C(C)(C)c2ccccc2-4)cc1)c1ccc2c(c1)C(C)(C)c1ccccc1-2. The van der Waals surface area contributed by atoms with Crippen molar-refractivity contribution in [2.75, 3.05) is 4.90 Å². The van der Waals surface area contributed by atoms with Crippen LogP contribution in [0, 0.1) is 0 Å². The molecule has 75 heavy (non-hydrogen) atoms. The molecule has 1 nitrogen and oxygen atoms in total. The number of hydrogen-bond acceptors (Lipinski definition) is 1. The van der Waals surface area contributed by atoms with Crippen molar-refractivity contribution in [1.29, 1.82) is 0 Å². The first kappa shape index (κ1) is 43.8. The fourth-order valence-electron chi connectivity index (χ4n) is 14.3. The highest BCUT2D eigenvalue weighted by Crippen LogP contribution is 2.60. The molecule has 0 unspecified atom stereocenters. The van der Waals surface area contributed by atoms with Gasteiger partial charge in [-0.1, -0.05) is 222 Å². The number of allylic oxidation sites excluding steroid dienone is 5. The summed E-state index contributed by atoms with van der Waals surface area (Å²) in [4.78, 5) is 2.55. The van der Waals surface area contributed by atoms with Crippen LogP contribution in [-0.4, -0.2) is 0 Å². The third-order valence-corrected chi connectivity index (χ3v) is 17.9. The summed E-state index contributed by atoms with van der Waals surface area (Å²) >= 11 is 0. The molecule has 0 saturated heterocycles. The zero-order chi connectivity index (χ0) is 50.4. The van der Waals surface area contributed by atoms with Crippen molar-refractivity contribution in [3.05, 3.63) is 288 Å². The lowest BCUT2D eigenvalue weighted by Crippen LogP contribution is -2.30. The maximum atomic E-state index is 4.79. The molecular formula is C74H55N. The van der Waals surface area contributed by atoms with Crippen molar-refractivity contribution in [3.63, 3.8) is 0 Å². The van der Waals surface area contributed by atoms with Crippen LogP contribution in [0.4, 0.5) is 17.1 Å². The van der Waals surface area contributed by atoms with Crippen LogP contribution in [-0.2, 0) is 16.2 Å². The van der Waals surface area contributed by atoms with Gasteiger partial charge >= 0.3 is 0 Å². The molecule has 11 aromatic carbocycles. The van der Waals surface area contributed by atoms with Gasteiger partial charge in [-0.05, 0) is 182 Å². The molecule has 1 spiro atoms. The molecule has 0 aliphatic heterocycles. The van der Waals surface area contributed by atoms with Crippen molar-refractivity contribution in [3.8, 4) is 44.5 Å². The summed E-state index contributed by atoms with van der Waals surface area (Å²) in [7, 11) is 0. The largest absolute Gasteiger partial charge is 0.310 e. The molecule has 0 aromatic heterocycles. The minimum atomic E-state index is -0.507. The van der Waals surface area contributed by atoms with Crippen LogP contribution in [0.1, 0.15) is 78.6 Å². The summed E-state index contributed by atoms with van der Waals surface area (Å²) in [5.74, 6) is 0. The second-order valence-electron chi connectivity index (χ2n) is 22.4. The van der Waals surface area contributed by atoms with E-state index in [2.05, 4.69) is 269 Å². The van der Waals surface area contributed by atoms with E-state index < -0.39 is 5.41 Å². The van der Waals surface area contributed by atoms with E-state index in [1.807, 2.05) is 0 Å². The second-order valence-corrected chi connectivity index (χ2v) is 22.4. The molecule has 1 heteroatoms. The molecule has 0 fully saturated rings. The Kier molecular flexibility index (Phi) is 9.26. The van der Waals surface area contributed by atoms with E-state index in [-0.39, 0.29) is 10.8 Å². The Balaban J connectivity index is 0.936. The predicted octanol–water partition coefficient (Wildman–Crippen LogP) is 19.7. The molecule has 0 N–H and O–H groups in total. The molecule has 11 aromatic rings. The number of nitrogens with zero attached hydrogens (tertiary/aromatic N) is 1. The van der Waals surface area contributed by atoms with Gasteiger partial charge in [-0.2, -0.15) is 0 Å². The Hall–Kier alpha value is -8.78. The van der Waals surface area contributed by atoms with E-state index >= 15 is 0 Å². The lowest BCUT2D eigenvalue weighted by molar-refractivity contribution is 0.644. The zero-order valence-corrected chi connectivity index (χ0v) is 42.9. The van der Waals surface area contributed by atoms with Crippen molar-refractivity contribution >= 4 is 55.0 Å². The average molecular weight is 958 g/mol. The van der Waals surface area contributed by atoms with E-state index in [0.29, 0.717) is 0 Å². The summed E-state index contributed by atoms with van der Waals surface area (Å²) in [5, 5.41) is 7.77. The maximum Gasteiger partial charge on any atom is 0.0524 e. The number of anilines is 3. The van der Waals surface area contributed by atoms with E-state index in [1.165, 1.54) is 116 Å². The normalized spacial score (nSPS) is 16.5. The summed E-state index contributed by atoms with van der Waals surface area (Å²) < 4.78 is 0. The van der Waals surface area contributed by atoms with Crippen LogP contribution in [0.5, 0.6) is 0 Å². The minimum Gasteiger partial charge on any atom is -0.310 e. The van der Waals surface area contributed by atoms with E-state index in [4.69, 9.17) is 6.58 Å². The van der Waals surface area contributed by atoms with Crippen LogP contribution < -0.4 is 4.90 Å². The predicted molar refractivity (Wildman–Crippen MR) is 318 cm³/mol. The van der Waals surface area contributed by atoms with Crippen molar-refractivity contribution in [1.82, 2.24) is 0 Å². The number of rotatable bonds is 4. The first-order valence-electron chi connectivity index (χ1n) is 26.7. The first-order chi connectivity index (χ1) is 36.6. The van der Waals surface area contributed by atoms with E-state index in [0.717, 1.165) is 34.6 Å². The summed E-state index contributed by atoms with van der Waals surface area (Å²) in [6, 6.07) is 80.7. The Labute approximate surface area is 440 Å². The quantitative estimate of drug-likeness (QED) is 0.159. The van der Waals surface area contributed by atoms with Gasteiger partial charge < -0.3 is 4.90 Å². The van der Waals surface area contributed by atoms with E-state index in [9.17, 15) is 0 Å². The second kappa shape index (κ2) is 15.9. The highest BCUT2D eigenvalue weighted by atomic mass is 15.1. The monoisotopic (exact) mass is 957 g/mol. The Morgan fingerprint density at radius 1 is 0.360 bits per heavy atom. The van der Waals surface area contributed by atoms with Crippen LogP contribution in [0.15, 0.2) is 243 Å². The fourth-order valence-corrected chi connectivity index (χ4v) is 14.3. The van der Waals surface area contributed by atoms with Crippen LogP contribution in [0.25, 0.3) is 82.4 Å². The smallest absolute Gasteiger partial charge is 0.0524 e. The van der Waals surface area contributed by atoms with Crippen LogP contribution in [0.3, 0.4) is 0 Å². The lowest BCUT2D eigenvalue weighted by Gasteiger charge is -2.39. The average Bonchev–Trinajstić information content (AvgIpc) is 4.10. The molecule has 0 saturated carbocycles. The molecule has 4 aliphatic rings. The van der Waals surface area contributed by atoms with Crippen molar-refractivity contribution < 1.29 is 0 Å². The molecule has 0 heterocycles. The van der Waals surface area contributed by atoms with Crippen molar-refractivity contribution in [2.45, 2.75) is 50.4 Å². The first-order valence-corrected chi connectivity index (χ1v) is 26.7.